The Morgan fingerprint density at radius 2 is 1.42 bits per heavy atom. The zero-order valence-electron chi connectivity index (χ0n) is 28.8. The fourth-order valence-electron chi connectivity index (χ4n) is 6.58. The number of benzene rings is 5. The Labute approximate surface area is 322 Å². The number of sulfonamides is 1. The number of phenolic OH excluding ortho intramolecular Hbond substituents is 1. The van der Waals surface area contributed by atoms with Gasteiger partial charge in [0.2, 0.25) is 10.0 Å². The lowest BCUT2D eigenvalue weighted by atomic mass is 9.82. The summed E-state index contributed by atoms with van der Waals surface area (Å²) in [6.07, 6.45) is 7.44. The summed E-state index contributed by atoms with van der Waals surface area (Å²) in [7, 11) is -3.94. The zero-order valence-corrected chi connectivity index (χ0v) is 31.3. The van der Waals surface area contributed by atoms with E-state index in [4.69, 9.17) is 20.4 Å². The van der Waals surface area contributed by atoms with Crippen LogP contribution >= 0.6 is 22.7 Å². The van der Waals surface area contributed by atoms with Gasteiger partial charge in [0.15, 0.2) is 17.3 Å². The summed E-state index contributed by atoms with van der Waals surface area (Å²) in [6, 6.07) is 26.9. The van der Waals surface area contributed by atoms with E-state index in [1.807, 2.05) is 30.3 Å². The van der Waals surface area contributed by atoms with Gasteiger partial charge in [-0.1, -0.05) is 48.6 Å². The number of carbonyl (C=O) groups is 2. The Hall–Kier alpha value is -6.41. The average Bonchev–Trinajstić information content (AvgIpc) is 3.72. The molecule has 1 unspecified atom stereocenters. The van der Waals surface area contributed by atoms with Crippen molar-refractivity contribution in [3.8, 4) is 32.6 Å². The number of nitrogen functional groups attached to an aromatic ring is 1. The van der Waals surface area contributed by atoms with Gasteiger partial charge in [-0.05, 0) is 79.2 Å². The largest absolute Gasteiger partial charge is 0.507 e. The highest BCUT2D eigenvalue weighted by atomic mass is 32.2. The third kappa shape index (κ3) is 6.17. The van der Waals surface area contributed by atoms with Crippen LogP contribution in [0.4, 0.5) is 11.4 Å². The molecule has 0 spiro atoms. The summed E-state index contributed by atoms with van der Waals surface area (Å²) < 4.78 is 37.7. The minimum atomic E-state index is -3.94. The van der Waals surface area contributed by atoms with E-state index in [2.05, 4.69) is 29.8 Å². The van der Waals surface area contributed by atoms with Gasteiger partial charge in [0.1, 0.15) is 26.8 Å². The molecule has 0 radical (unpaired) electrons. The summed E-state index contributed by atoms with van der Waals surface area (Å²) in [6.45, 7) is 2.07. The molecule has 2 aliphatic rings. The number of aromatic hydroxyl groups is 1. The predicted molar refractivity (Wildman–Crippen MR) is 218 cm³/mol. The molecule has 2 aromatic heterocycles. The van der Waals surface area contributed by atoms with E-state index in [0.717, 1.165) is 41.6 Å². The van der Waals surface area contributed by atoms with Crippen LogP contribution in [-0.4, -0.2) is 40.3 Å². The summed E-state index contributed by atoms with van der Waals surface area (Å²) in [5, 5.41) is 11.5. The third-order valence-corrected chi connectivity index (χ3v) is 13.0. The van der Waals surface area contributed by atoms with Crippen molar-refractivity contribution in [2.75, 3.05) is 10.5 Å². The van der Waals surface area contributed by atoms with Crippen LogP contribution in [0.25, 0.3) is 41.6 Å². The van der Waals surface area contributed by atoms with Crippen molar-refractivity contribution in [1.82, 2.24) is 9.97 Å². The highest BCUT2D eigenvalue weighted by molar-refractivity contribution is 7.93. The van der Waals surface area contributed by atoms with E-state index in [-0.39, 0.29) is 39.4 Å². The average molecular weight is 781 g/mol. The highest BCUT2D eigenvalue weighted by Gasteiger charge is 2.35. The van der Waals surface area contributed by atoms with Crippen LogP contribution in [0.3, 0.4) is 0 Å². The van der Waals surface area contributed by atoms with E-state index < -0.39 is 32.6 Å². The highest BCUT2D eigenvalue weighted by Crippen LogP contribution is 2.42. The molecule has 10 nitrogen and oxygen atoms in total. The van der Waals surface area contributed by atoms with Crippen LogP contribution in [0.15, 0.2) is 127 Å². The number of ether oxygens (including phenoxy) is 1. The molecule has 0 aliphatic heterocycles. The smallest absolute Gasteiger partial charge is 0.242 e. The number of allylic oxidation sites excluding steroid dienone is 3. The van der Waals surface area contributed by atoms with Gasteiger partial charge in [0, 0.05) is 34.0 Å². The molecule has 0 bridgehead atoms. The number of hydrogen-bond donors (Lipinski definition) is 3. The van der Waals surface area contributed by atoms with Gasteiger partial charge >= 0.3 is 0 Å². The number of aryl methyl sites for hydroxylation is 1. The van der Waals surface area contributed by atoms with Crippen molar-refractivity contribution in [1.29, 1.82) is 0 Å². The van der Waals surface area contributed by atoms with E-state index in [9.17, 15) is 23.1 Å². The number of hydrogen-bond acceptors (Lipinski definition) is 11. The third-order valence-electron chi connectivity index (χ3n) is 9.35. The Bertz CT molecular complexity index is 2980. The van der Waals surface area contributed by atoms with E-state index in [0.29, 0.717) is 5.69 Å². The molecule has 270 valence electrons. The molecule has 9 rings (SSSR count). The topological polar surface area (TPSA) is 162 Å². The number of phenols is 1. The molecule has 5 aromatic carbocycles. The second kappa shape index (κ2) is 13.2. The van der Waals surface area contributed by atoms with Gasteiger partial charge in [0.05, 0.1) is 37.2 Å². The number of anilines is 2. The van der Waals surface area contributed by atoms with Crippen molar-refractivity contribution in [3.05, 3.63) is 155 Å². The Kier molecular flexibility index (Phi) is 8.22. The second-order valence-corrected chi connectivity index (χ2v) is 17.0. The van der Waals surface area contributed by atoms with Gasteiger partial charge in [-0.2, -0.15) is 0 Å². The first kappa shape index (κ1) is 34.4. The second-order valence-electron chi connectivity index (χ2n) is 13.1. The SMILES string of the molecule is Cc1ccc2nc(-c3ccc4nc(-c5ccc(NS(=O)(=O)C6C=CC=C(Oc7cc(O)c8c(c7N)C(=O)c7ccccc7C8=O)C=C6)cc5)sc4c3)sc2c1. The van der Waals surface area contributed by atoms with Gasteiger partial charge in [-0.15, -0.1) is 22.7 Å². The number of aromatic nitrogens is 2. The maximum absolute atomic E-state index is 13.5. The number of fused-ring (bicyclic) bond motifs is 4. The van der Waals surface area contributed by atoms with Crippen LogP contribution in [-0.2, 0) is 10.0 Å². The summed E-state index contributed by atoms with van der Waals surface area (Å²) in [5.74, 6) is -1.35. The van der Waals surface area contributed by atoms with E-state index >= 15 is 0 Å². The van der Waals surface area contributed by atoms with Crippen molar-refractivity contribution < 1.29 is 27.9 Å². The molecule has 2 aliphatic carbocycles. The first-order chi connectivity index (χ1) is 26.5. The lowest BCUT2D eigenvalue weighted by molar-refractivity contribution is 0.0977. The predicted octanol–water partition coefficient (Wildman–Crippen LogP) is 8.81. The normalized spacial score (nSPS) is 15.1. The summed E-state index contributed by atoms with van der Waals surface area (Å²) in [5.41, 5.74) is 11.6. The van der Waals surface area contributed by atoms with Gasteiger partial charge < -0.3 is 15.6 Å². The van der Waals surface area contributed by atoms with Crippen molar-refractivity contribution in [2.45, 2.75) is 12.2 Å². The van der Waals surface area contributed by atoms with Gasteiger partial charge in [-0.25, -0.2) is 18.4 Å². The Morgan fingerprint density at radius 1 is 0.782 bits per heavy atom. The maximum Gasteiger partial charge on any atom is 0.242 e. The molecule has 7 aromatic rings. The fourth-order valence-corrected chi connectivity index (χ4v) is 9.83. The molecule has 13 heteroatoms. The van der Waals surface area contributed by atoms with Crippen molar-refractivity contribution in [2.24, 2.45) is 0 Å². The molecular weight excluding hydrogens is 753 g/mol. The molecule has 4 N–H and O–H groups in total. The number of rotatable bonds is 7. The molecule has 0 amide bonds. The van der Waals surface area contributed by atoms with Crippen LogP contribution < -0.4 is 15.2 Å². The minimum Gasteiger partial charge on any atom is -0.507 e. The number of nitrogens with two attached hydrogens (primary N) is 1. The molecule has 0 saturated heterocycles. The van der Waals surface area contributed by atoms with Gasteiger partial charge in [-0.3, -0.25) is 14.3 Å². The fraction of sp³-hybridized carbons (Fsp3) is 0.0476. The standard InChI is InChI=1S/C42H28N4O6S3/c1-22-9-17-30-34(19-22)53-42(45-30)24-12-18-31-35(20-24)54-41(44-31)23-10-13-25(14-11-23)46-55(50,51)27-6-4-5-26(15-16-27)52-33-21-32(47)36-37(38(33)43)40(49)29-8-3-2-7-28(29)39(36)48/h2-21,27,46-47H,43H2,1H3. The summed E-state index contributed by atoms with van der Waals surface area (Å²) >= 11 is 3.22. The van der Waals surface area contributed by atoms with Crippen molar-refractivity contribution in [3.63, 3.8) is 0 Å². The molecule has 55 heavy (non-hydrogen) atoms. The van der Waals surface area contributed by atoms with Crippen LogP contribution in [0.2, 0.25) is 0 Å². The Morgan fingerprint density at radius 3 is 2.15 bits per heavy atom. The minimum absolute atomic E-state index is 0.0579. The quantitative estimate of drug-likeness (QED) is 0.106. The first-order valence-corrected chi connectivity index (χ1v) is 20.2. The molecular formula is C42H28N4O6S3. The first-order valence-electron chi connectivity index (χ1n) is 17.0. The number of thiazole rings is 2. The number of nitrogens with zero attached hydrogens (tertiary/aromatic N) is 2. The Balaban J connectivity index is 0.891. The molecule has 2 heterocycles. The lowest BCUT2D eigenvalue weighted by Crippen LogP contribution is -2.24. The molecule has 0 saturated carbocycles. The van der Waals surface area contributed by atoms with Gasteiger partial charge in [0.25, 0.3) is 0 Å². The number of carbonyl (C=O) groups excluding carboxylic acids is 2. The number of nitrogens with one attached hydrogen (secondary N) is 1. The zero-order chi connectivity index (χ0) is 38.0. The summed E-state index contributed by atoms with van der Waals surface area (Å²) in [4.78, 5) is 36.1. The number of ketones is 2. The van der Waals surface area contributed by atoms with Crippen LogP contribution in [0.5, 0.6) is 11.5 Å². The van der Waals surface area contributed by atoms with E-state index in [1.165, 1.54) is 54.1 Å². The maximum atomic E-state index is 13.5. The molecule has 1 atom stereocenters. The van der Waals surface area contributed by atoms with Crippen molar-refractivity contribution >= 4 is 76.1 Å². The van der Waals surface area contributed by atoms with Crippen LogP contribution in [0.1, 0.15) is 37.4 Å². The monoisotopic (exact) mass is 780 g/mol. The lowest BCUT2D eigenvalue weighted by Gasteiger charge is -2.21. The van der Waals surface area contributed by atoms with Crippen LogP contribution in [0, 0.1) is 6.92 Å². The molecule has 0 fully saturated rings. The van der Waals surface area contributed by atoms with E-state index in [1.54, 1.807) is 46.9 Å².